The van der Waals surface area contributed by atoms with E-state index in [4.69, 9.17) is 14.2 Å². The van der Waals surface area contributed by atoms with Crippen LogP contribution >= 0.6 is 0 Å². The van der Waals surface area contributed by atoms with Crippen LogP contribution in [0, 0.1) is 11.8 Å². The van der Waals surface area contributed by atoms with Gasteiger partial charge in [0, 0.05) is 17.4 Å². The third-order valence-electron chi connectivity index (χ3n) is 7.25. The van der Waals surface area contributed by atoms with Crippen LogP contribution in [0.25, 0.3) is 0 Å². The van der Waals surface area contributed by atoms with Crippen LogP contribution in [0.1, 0.15) is 40.0 Å². The second-order valence-electron chi connectivity index (χ2n) is 8.92. The summed E-state index contributed by atoms with van der Waals surface area (Å²) in [6.07, 6.45) is -2.77. The summed E-state index contributed by atoms with van der Waals surface area (Å²) in [5.41, 5.74) is 2.08. The van der Waals surface area contributed by atoms with Crippen molar-refractivity contribution in [2.45, 2.75) is 82.4 Å². The van der Waals surface area contributed by atoms with Gasteiger partial charge in [0.15, 0.2) is 6.29 Å². The Hall–Kier alpha value is -1.29. The van der Waals surface area contributed by atoms with Crippen LogP contribution in [0.3, 0.4) is 0 Å². The van der Waals surface area contributed by atoms with Gasteiger partial charge in [0.25, 0.3) is 0 Å². The molecule has 0 aromatic heterocycles. The number of ether oxygens (including phenoxy) is 3. The average Bonchev–Trinajstić information content (AvgIpc) is 3.17. The fraction of sp³-hybridized carbons (Fsp3) is 0.762. The normalized spacial score (nSPS) is 47.4. The summed E-state index contributed by atoms with van der Waals surface area (Å²) in [7, 11) is 0. The quantitative estimate of drug-likeness (QED) is 0.384. The number of aliphatic hydroxyl groups is 4. The first-order chi connectivity index (χ1) is 13.7. The number of aliphatic hydroxyl groups excluding tert-OH is 4. The predicted octanol–water partition coefficient (Wildman–Crippen LogP) is 0.180. The summed E-state index contributed by atoms with van der Waals surface area (Å²) >= 11 is 0. The molecule has 2 aliphatic heterocycles. The van der Waals surface area contributed by atoms with Gasteiger partial charge < -0.3 is 34.6 Å². The van der Waals surface area contributed by atoms with Gasteiger partial charge in [-0.1, -0.05) is 11.6 Å². The van der Waals surface area contributed by atoms with Crippen molar-refractivity contribution in [3.63, 3.8) is 0 Å². The van der Waals surface area contributed by atoms with Crippen molar-refractivity contribution in [1.29, 1.82) is 0 Å². The summed E-state index contributed by atoms with van der Waals surface area (Å²) in [6, 6.07) is 0. The fourth-order valence-electron chi connectivity index (χ4n) is 5.38. The van der Waals surface area contributed by atoms with Crippen LogP contribution in [0.5, 0.6) is 0 Å². The van der Waals surface area contributed by atoms with Crippen molar-refractivity contribution in [2.24, 2.45) is 11.8 Å². The van der Waals surface area contributed by atoms with E-state index < -0.39 is 42.9 Å². The molecule has 0 aromatic carbocycles. The minimum Gasteiger partial charge on any atom is -0.454 e. The largest absolute Gasteiger partial charge is 0.454 e. The zero-order valence-electron chi connectivity index (χ0n) is 16.9. The minimum atomic E-state index is -1.48. The Bertz CT molecular complexity index is 743. The van der Waals surface area contributed by atoms with Gasteiger partial charge >= 0.3 is 5.97 Å². The highest BCUT2D eigenvalue weighted by Gasteiger charge is 2.55. The van der Waals surface area contributed by atoms with Gasteiger partial charge in [-0.05, 0) is 45.6 Å². The molecule has 0 aromatic rings. The molecular weight excluding hydrogens is 380 g/mol. The Morgan fingerprint density at radius 2 is 1.93 bits per heavy atom. The lowest BCUT2D eigenvalue weighted by Gasteiger charge is -2.46. The molecule has 0 spiro atoms. The smallest absolute Gasteiger partial charge is 0.334 e. The van der Waals surface area contributed by atoms with Crippen LogP contribution in [0.2, 0.25) is 0 Å². The molecule has 4 N–H and O–H groups in total. The molecule has 0 unspecified atom stereocenters. The van der Waals surface area contributed by atoms with E-state index in [0.717, 1.165) is 17.6 Å². The number of carbonyl (C=O) groups excluding carboxylic acids is 1. The number of allylic oxidation sites excluding steroid dienone is 1. The highest BCUT2D eigenvalue weighted by Crippen LogP contribution is 2.52. The van der Waals surface area contributed by atoms with E-state index in [-0.39, 0.29) is 23.9 Å². The van der Waals surface area contributed by atoms with Crippen molar-refractivity contribution in [1.82, 2.24) is 0 Å². The first-order valence-corrected chi connectivity index (χ1v) is 10.2. The lowest BCUT2D eigenvalue weighted by atomic mass is 9.76. The van der Waals surface area contributed by atoms with Crippen molar-refractivity contribution >= 4 is 5.97 Å². The zero-order valence-corrected chi connectivity index (χ0v) is 16.9. The molecule has 4 aliphatic rings. The van der Waals surface area contributed by atoms with Gasteiger partial charge in [0.2, 0.25) is 0 Å². The summed E-state index contributed by atoms with van der Waals surface area (Å²) in [5, 5.41) is 40.0. The number of esters is 1. The summed E-state index contributed by atoms with van der Waals surface area (Å²) in [6.45, 7) is 5.28. The lowest BCUT2D eigenvalue weighted by molar-refractivity contribution is -0.332. The zero-order chi connectivity index (χ0) is 21.1. The van der Waals surface area contributed by atoms with E-state index in [1.54, 1.807) is 6.92 Å². The first-order valence-electron chi connectivity index (χ1n) is 10.2. The summed E-state index contributed by atoms with van der Waals surface area (Å²) < 4.78 is 17.6. The summed E-state index contributed by atoms with van der Waals surface area (Å²) in [5.74, 6) is -0.290. The maximum Gasteiger partial charge on any atom is 0.334 e. The molecule has 9 atom stereocenters. The second kappa shape index (κ2) is 7.44. The fourth-order valence-corrected chi connectivity index (χ4v) is 5.38. The standard InChI is InChI=1S/C21H30O8/c1-9-4-5-12-14(9)18-11(10(2)19(26)28-18)6-7-21(12,3)29-20-17(25)16(24)15(23)13(8-22)27-20/h4,12-18,20,22-25H,5-8H2,1-3H3/t12-,13+,14+,15+,16+,17+,18+,20+,21-/m0/s1. The summed E-state index contributed by atoms with van der Waals surface area (Å²) in [4.78, 5) is 12.1. The van der Waals surface area contributed by atoms with Crippen LogP contribution in [0.15, 0.2) is 22.8 Å². The highest BCUT2D eigenvalue weighted by molar-refractivity contribution is 5.91. The molecule has 162 valence electrons. The number of rotatable bonds is 3. The van der Waals surface area contributed by atoms with Crippen LogP contribution < -0.4 is 0 Å². The SMILES string of the molecule is CC1=CC[C@H]2[C@@H]1[C@@H]1OC(=O)C(C)=C1CC[C@]2(C)O[C@H]1O[C@H](CO)[C@@H](O)[C@@H](O)[C@H]1O. The molecule has 2 fully saturated rings. The molecule has 2 aliphatic carbocycles. The van der Waals surface area contributed by atoms with Gasteiger partial charge in [-0.15, -0.1) is 0 Å². The van der Waals surface area contributed by atoms with E-state index in [1.165, 1.54) is 0 Å². The van der Waals surface area contributed by atoms with E-state index >= 15 is 0 Å². The highest BCUT2D eigenvalue weighted by atomic mass is 16.7. The number of fused-ring (bicyclic) bond motifs is 3. The Morgan fingerprint density at radius 3 is 2.62 bits per heavy atom. The van der Waals surface area contributed by atoms with Crippen molar-refractivity contribution < 1.29 is 39.4 Å². The molecule has 1 saturated heterocycles. The Morgan fingerprint density at radius 1 is 1.21 bits per heavy atom. The molecule has 8 nitrogen and oxygen atoms in total. The Kier molecular flexibility index (Phi) is 5.38. The monoisotopic (exact) mass is 410 g/mol. The predicted molar refractivity (Wildman–Crippen MR) is 100 cm³/mol. The Balaban J connectivity index is 1.63. The topological polar surface area (TPSA) is 126 Å². The Labute approximate surface area is 169 Å². The third kappa shape index (κ3) is 3.26. The molecule has 2 heterocycles. The molecule has 8 heteroatoms. The molecule has 1 saturated carbocycles. The lowest BCUT2D eigenvalue weighted by Crippen LogP contribution is -2.61. The van der Waals surface area contributed by atoms with E-state index in [2.05, 4.69) is 6.08 Å². The molecule has 0 radical (unpaired) electrons. The van der Waals surface area contributed by atoms with Crippen molar-refractivity contribution in [3.05, 3.63) is 22.8 Å². The average molecular weight is 410 g/mol. The van der Waals surface area contributed by atoms with Gasteiger partial charge in [-0.2, -0.15) is 0 Å². The molecule has 0 amide bonds. The van der Waals surface area contributed by atoms with E-state index in [9.17, 15) is 25.2 Å². The number of carbonyl (C=O) groups is 1. The molecule has 0 bridgehead atoms. The van der Waals surface area contributed by atoms with Crippen LogP contribution in [0.4, 0.5) is 0 Å². The minimum absolute atomic E-state index is 0.00364. The molecule has 29 heavy (non-hydrogen) atoms. The van der Waals surface area contributed by atoms with Crippen molar-refractivity contribution in [3.8, 4) is 0 Å². The first kappa shape index (κ1) is 21.0. The van der Waals surface area contributed by atoms with Crippen LogP contribution in [-0.2, 0) is 19.0 Å². The van der Waals surface area contributed by atoms with Gasteiger partial charge in [-0.25, -0.2) is 4.79 Å². The van der Waals surface area contributed by atoms with Gasteiger partial charge in [0.05, 0.1) is 12.2 Å². The van der Waals surface area contributed by atoms with Gasteiger partial charge in [0.1, 0.15) is 30.5 Å². The van der Waals surface area contributed by atoms with Crippen molar-refractivity contribution in [2.75, 3.05) is 6.61 Å². The van der Waals surface area contributed by atoms with E-state index in [1.807, 2.05) is 13.8 Å². The number of hydrogen-bond donors (Lipinski definition) is 4. The maximum atomic E-state index is 12.1. The van der Waals surface area contributed by atoms with Crippen LogP contribution in [-0.4, -0.2) is 75.4 Å². The number of hydrogen-bond acceptors (Lipinski definition) is 8. The molecular formula is C21H30O8. The molecule has 4 rings (SSSR count). The van der Waals surface area contributed by atoms with E-state index in [0.29, 0.717) is 18.4 Å². The third-order valence-corrected chi connectivity index (χ3v) is 7.25. The second-order valence-corrected chi connectivity index (χ2v) is 8.92. The van der Waals surface area contributed by atoms with Gasteiger partial charge in [-0.3, -0.25) is 0 Å². The maximum absolute atomic E-state index is 12.1.